The molecule has 5 nitrogen and oxygen atoms in total. The van der Waals surface area contributed by atoms with E-state index in [2.05, 4.69) is 33.4 Å². The van der Waals surface area contributed by atoms with Crippen molar-refractivity contribution in [2.24, 2.45) is 11.0 Å². The number of hydrogen-bond acceptors (Lipinski definition) is 3. The number of nitrogens with one attached hydrogen (secondary N) is 2. The van der Waals surface area contributed by atoms with Gasteiger partial charge in [-0.15, -0.1) is 0 Å². The number of rotatable bonds is 3. The number of nitrogens with zero attached hydrogens (tertiary/aromatic N) is 2. The van der Waals surface area contributed by atoms with E-state index in [4.69, 9.17) is 0 Å². The minimum absolute atomic E-state index is 0.299. The molecule has 1 aromatic rings. The number of carbonyl (C=O) groups is 1. The van der Waals surface area contributed by atoms with Gasteiger partial charge in [0.05, 0.1) is 5.71 Å². The lowest BCUT2D eigenvalue weighted by molar-refractivity contribution is 0.0949. The van der Waals surface area contributed by atoms with Crippen molar-refractivity contribution in [3.63, 3.8) is 0 Å². The van der Waals surface area contributed by atoms with Crippen LogP contribution in [0.1, 0.15) is 42.9 Å². The smallest absolute Gasteiger partial charge is 0.282 e. The molecule has 2 rings (SSSR count). The van der Waals surface area contributed by atoms with E-state index in [0.717, 1.165) is 35.4 Å². The van der Waals surface area contributed by atoms with E-state index in [9.17, 15) is 4.79 Å². The number of aromatic amines is 1. The number of allylic oxidation sites excluding steroid dienone is 3. The molecule has 1 aromatic heterocycles. The number of aromatic nitrogens is 2. The second kappa shape index (κ2) is 5.86. The number of aryl methyl sites for hydroxylation is 1. The first kappa shape index (κ1) is 14.2. The molecule has 106 valence electrons. The summed E-state index contributed by atoms with van der Waals surface area (Å²) in [6.45, 7) is 9.89. The monoisotopic (exact) mass is 272 g/mol. The van der Waals surface area contributed by atoms with Gasteiger partial charge in [0, 0.05) is 5.69 Å². The maximum atomic E-state index is 11.9. The van der Waals surface area contributed by atoms with Crippen LogP contribution in [0.4, 0.5) is 0 Å². The molecule has 1 heterocycles. The molecule has 0 fully saturated rings. The Bertz CT molecular complexity index is 595. The lowest BCUT2D eigenvalue weighted by Gasteiger charge is -2.22. The van der Waals surface area contributed by atoms with Crippen molar-refractivity contribution in [1.29, 1.82) is 0 Å². The Kier molecular flexibility index (Phi) is 4.17. The molecule has 0 radical (unpaired) electrons. The molecule has 1 atom stereocenters. The van der Waals surface area contributed by atoms with Crippen molar-refractivity contribution in [2.45, 2.75) is 33.6 Å². The first-order valence-corrected chi connectivity index (χ1v) is 6.69. The predicted octanol–water partition coefficient (Wildman–Crippen LogP) is 2.74. The fraction of sp³-hybridized carbons (Fsp3) is 0.400. The minimum atomic E-state index is -0.299. The van der Waals surface area contributed by atoms with Crippen molar-refractivity contribution in [1.82, 2.24) is 15.6 Å². The van der Waals surface area contributed by atoms with Crippen LogP contribution in [0.25, 0.3) is 0 Å². The van der Waals surface area contributed by atoms with Gasteiger partial charge < -0.3 is 0 Å². The van der Waals surface area contributed by atoms with Gasteiger partial charge in [0.25, 0.3) is 5.91 Å². The highest BCUT2D eigenvalue weighted by atomic mass is 16.2. The fourth-order valence-electron chi connectivity index (χ4n) is 2.13. The zero-order valence-electron chi connectivity index (χ0n) is 12.2. The summed E-state index contributed by atoms with van der Waals surface area (Å²) in [6.07, 6.45) is 3.96. The summed E-state index contributed by atoms with van der Waals surface area (Å²) in [7, 11) is 0. The molecule has 0 saturated heterocycles. The average Bonchev–Trinajstić information content (AvgIpc) is 2.84. The summed E-state index contributed by atoms with van der Waals surface area (Å²) >= 11 is 0. The highest BCUT2D eigenvalue weighted by molar-refractivity contribution is 6.02. The van der Waals surface area contributed by atoms with Crippen LogP contribution in [0.15, 0.2) is 35.0 Å². The summed E-state index contributed by atoms with van der Waals surface area (Å²) in [5, 5.41) is 10.9. The summed E-state index contributed by atoms with van der Waals surface area (Å²) in [6, 6.07) is 1.69. The van der Waals surface area contributed by atoms with Crippen LogP contribution in [0.5, 0.6) is 0 Å². The maximum Gasteiger partial charge on any atom is 0.291 e. The van der Waals surface area contributed by atoms with E-state index >= 15 is 0 Å². The number of H-pyrrole nitrogens is 1. The molecule has 1 aliphatic rings. The van der Waals surface area contributed by atoms with Gasteiger partial charge in [-0.3, -0.25) is 9.89 Å². The number of hydrogen-bond donors (Lipinski definition) is 2. The van der Waals surface area contributed by atoms with E-state index < -0.39 is 0 Å². The molecular formula is C15H20N4O. The van der Waals surface area contributed by atoms with Gasteiger partial charge in [-0.25, -0.2) is 5.43 Å². The van der Waals surface area contributed by atoms with Crippen molar-refractivity contribution < 1.29 is 4.79 Å². The normalized spacial score (nSPS) is 20.6. The lowest BCUT2D eigenvalue weighted by atomic mass is 9.85. The second-order valence-electron chi connectivity index (χ2n) is 5.31. The summed E-state index contributed by atoms with van der Waals surface area (Å²) in [5.41, 5.74) is 6.93. The third-order valence-corrected chi connectivity index (χ3v) is 3.53. The quantitative estimate of drug-likeness (QED) is 0.656. The summed E-state index contributed by atoms with van der Waals surface area (Å²) in [5.74, 6) is 0.106. The van der Waals surface area contributed by atoms with Gasteiger partial charge in [-0.1, -0.05) is 18.2 Å². The van der Waals surface area contributed by atoms with Gasteiger partial charge in [0.2, 0.25) is 0 Å². The fourth-order valence-corrected chi connectivity index (χ4v) is 2.13. The van der Waals surface area contributed by atoms with E-state index in [1.165, 1.54) is 0 Å². The Balaban J connectivity index is 2.06. The van der Waals surface area contributed by atoms with Crippen LogP contribution >= 0.6 is 0 Å². The molecule has 0 unspecified atom stereocenters. The molecule has 0 aromatic carbocycles. The van der Waals surface area contributed by atoms with Gasteiger partial charge >= 0.3 is 0 Å². The Morgan fingerprint density at radius 3 is 2.90 bits per heavy atom. The first-order valence-electron chi connectivity index (χ1n) is 6.69. The third-order valence-electron chi connectivity index (χ3n) is 3.53. The minimum Gasteiger partial charge on any atom is -0.282 e. The molecule has 20 heavy (non-hydrogen) atoms. The SMILES string of the molecule is C=C(C)[C@H]1CC=C(C)/C(=N/NC(=O)c2cc(C)[nH]n2)C1. The molecule has 1 aliphatic carbocycles. The van der Waals surface area contributed by atoms with Crippen LogP contribution in [0.3, 0.4) is 0 Å². The number of amides is 1. The molecule has 1 amide bonds. The molecule has 2 N–H and O–H groups in total. The zero-order chi connectivity index (χ0) is 14.7. The van der Waals surface area contributed by atoms with Crippen LogP contribution in [-0.2, 0) is 0 Å². The number of carbonyl (C=O) groups excluding carboxylic acids is 1. The van der Waals surface area contributed by atoms with Crippen molar-refractivity contribution in [3.8, 4) is 0 Å². The largest absolute Gasteiger partial charge is 0.291 e. The zero-order valence-corrected chi connectivity index (χ0v) is 12.2. The third kappa shape index (κ3) is 3.23. The average molecular weight is 272 g/mol. The van der Waals surface area contributed by atoms with Gasteiger partial charge in [0.1, 0.15) is 0 Å². The highest BCUT2D eigenvalue weighted by Crippen LogP contribution is 2.26. The second-order valence-corrected chi connectivity index (χ2v) is 5.31. The maximum absolute atomic E-state index is 11.9. The van der Waals surface area contributed by atoms with E-state index in [0.29, 0.717) is 11.6 Å². The Morgan fingerprint density at radius 1 is 1.55 bits per heavy atom. The molecule has 0 saturated carbocycles. The Hall–Kier alpha value is -2.17. The predicted molar refractivity (Wildman–Crippen MR) is 79.5 cm³/mol. The van der Waals surface area contributed by atoms with Crippen LogP contribution < -0.4 is 5.43 Å². The van der Waals surface area contributed by atoms with Crippen molar-refractivity contribution >= 4 is 11.6 Å². The summed E-state index contributed by atoms with van der Waals surface area (Å²) < 4.78 is 0. The lowest BCUT2D eigenvalue weighted by Crippen LogP contribution is -2.23. The van der Waals surface area contributed by atoms with Crippen molar-refractivity contribution in [2.75, 3.05) is 0 Å². The van der Waals surface area contributed by atoms with E-state index in [1.54, 1.807) is 6.07 Å². The van der Waals surface area contributed by atoms with Crippen LogP contribution in [0.2, 0.25) is 0 Å². The highest BCUT2D eigenvalue weighted by Gasteiger charge is 2.19. The van der Waals surface area contributed by atoms with E-state index in [1.807, 2.05) is 20.8 Å². The molecule has 0 aliphatic heterocycles. The Morgan fingerprint density at radius 2 is 2.30 bits per heavy atom. The van der Waals surface area contributed by atoms with Gasteiger partial charge in [-0.05, 0) is 51.2 Å². The number of hydrazone groups is 1. The first-order chi connectivity index (χ1) is 9.47. The Labute approximate surface area is 118 Å². The standard InChI is InChI=1S/C15H20N4O/c1-9(2)12-6-5-10(3)13(8-12)17-19-15(20)14-7-11(4)16-18-14/h5,7,12H,1,6,8H2,2-4H3,(H,16,18)(H,19,20)/b17-13+/t12-/m0/s1. The van der Waals surface area contributed by atoms with Gasteiger partial charge in [-0.2, -0.15) is 10.2 Å². The van der Waals surface area contributed by atoms with Crippen LogP contribution in [-0.4, -0.2) is 21.8 Å². The topological polar surface area (TPSA) is 70.1 Å². The molecule has 0 spiro atoms. The van der Waals surface area contributed by atoms with E-state index in [-0.39, 0.29) is 5.91 Å². The molecule has 5 heteroatoms. The molecule has 0 bridgehead atoms. The van der Waals surface area contributed by atoms with Crippen LogP contribution in [0, 0.1) is 12.8 Å². The van der Waals surface area contributed by atoms with Crippen molar-refractivity contribution in [3.05, 3.63) is 41.3 Å². The molecular weight excluding hydrogens is 252 g/mol. The van der Waals surface area contributed by atoms with Gasteiger partial charge in [0.15, 0.2) is 5.69 Å². The summed E-state index contributed by atoms with van der Waals surface area (Å²) in [4.78, 5) is 11.9.